The average molecular weight is 421 g/mol. The van der Waals surface area contributed by atoms with E-state index < -0.39 is 5.54 Å². The number of nitrogens with one attached hydrogen (secondary N) is 1. The van der Waals surface area contributed by atoms with Gasteiger partial charge in [0, 0.05) is 17.8 Å². The Hall–Kier alpha value is -1.69. The zero-order valence-corrected chi connectivity index (χ0v) is 19.8. The van der Waals surface area contributed by atoms with E-state index in [1.54, 1.807) is 0 Å². The molecule has 30 heavy (non-hydrogen) atoms. The van der Waals surface area contributed by atoms with E-state index in [9.17, 15) is 9.59 Å². The monoisotopic (exact) mass is 420 g/mol. The van der Waals surface area contributed by atoms with Crippen LogP contribution in [0.1, 0.15) is 80.6 Å². The summed E-state index contributed by atoms with van der Waals surface area (Å²) in [7, 11) is 0. The molecule has 3 unspecified atom stereocenters. The Morgan fingerprint density at radius 2 is 1.97 bits per heavy atom. The maximum Gasteiger partial charge on any atom is 0.334 e. The number of carbonyl (C=O) groups is 2. The second kappa shape index (κ2) is 10.6. The lowest BCUT2D eigenvalue weighted by atomic mass is 9.88. The molecule has 2 rings (SSSR count). The molecule has 3 atom stereocenters. The quantitative estimate of drug-likeness (QED) is 0.419. The molecule has 0 saturated carbocycles. The highest BCUT2D eigenvalue weighted by atomic mass is 16.6. The van der Waals surface area contributed by atoms with Crippen molar-refractivity contribution in [3.8, 4) is 0 Å². The molecule has 0 spiro atoms. The van der Waals surface area contributed by atoms with Crippen LogP contribution in [-0.2, 0) is 19.1 Å². The maximum atomic E-state index is 13.2. The van der Waals surface area contributed by atoms with Crippen molar-refractivity contribution in [1.82, 2.24) is 5.32 Å². The van der Waals surface area contributed by atoms with Gasteiger partial charge in [0.1, 0.15) is 18.0 Å². The molecule has 2 aliphatic heterocycles. The van der Waals surface area contributed by atoms with Gasteiger partial charge in [-0.1, -0.05) is 41.5 Å². The second-order valence-corrected chi connectivity index (χ2v) is 9.82. The summed E-state index contributed by atoms with van der Waals surface area (Å²) < 4.78 is 11.3. The number of nitrogens with zero attached hydrogens (tertiary/aromatic N) is 1. The van der Waals surface area contributed by atoms with Crippen LogP contribution in [0.2, 0.25) is 0 Å². The van der Waals surface area contributed by atoms with Crippen molar-refractivity contribution in [2.75, 3.05) is 13.2 Å². The molecule has 0 aromatic carbocycles. The molecule has 1 amide bonds. The van der Waals surface area contributed by atoms with E-state index in [-0.39, 0.29) is 36.4 Å². The van der Waals surface area contributed by atoms with Gasteiger partial charge in [0.05, 0.1) is 6.10 Å². The predicted molar refractivity (Wildman–Crippen MR) is 119 cm³/mol. The standard InChI is InChI=1S/C24H40N2O4/c1-8-17(6)20(21-25-23(28)24(7,26-21)13-16(4)5)19(12-15(2)3)22(27)30-14-18-10-9-11-29-18/h15-18H,8-14H2,1-7H3,(H,25,26,28). The topological polar surface area (TPSA) is 77.0 Å². The fourth-order valence-corrected chi connectivity index (χ4v) is 4.25. The molecule has 1 saturated heterocycles. The van der Waals surface area contributed by atoms with Gasteiger partial charge in [0.25, 0.3) is 5.91 Å². The molecule has 0 bridgehead atoms. The highest BCUT2D eigenvalue weighted by Crippen LogP contribution is 2.32. The summed E-state index contributed by atoms with van der Waals surface area (Å²) in [5.74, 6) is 0.824. The minimum Gasteiger partial charge on any atom is -0.460 e. The zero-order valence-electron chi connectivity index (χ0n) is 19.8. The first-order chi connectivity index (χ1) is 14.1. The SMILES string of the molecule is CCC(C)C(C1=NC(C)(CC(C)C)C(=O)N1)=C(CC(C)C)C(=O)OCC1CCCO1. The van der Waals surface area contributed by atoms with Gasteiger partial charge in [-0.05, 0) is 56.8 Å². The fraction of sp³-hybridized carbons (Fsp3) is 0.792. The smallest absolute Gasteiger partial charge is 0.334 e. The highest BCUT2D eigenvalue weighted by Gasteiger charge is 2.41. The van der Waals surface area contributed by atoms with Crippen LogP contribution in [0.5, 0.6) is 0 Å². The molecular weight excluding hydrogens is 380 g/mol. The summed E-state index contributed by atoms with van der Waals surface area (Å²) in [6.45, 7) is 15.4. The first-order valence-electron chi connectivity index (χ1n) is 11.5. The van der Waals surface area contributed by atoms with Crippen LogP contribution in [0.4, 0.5) is 0 Å². The van der Waals surface area contributed by atoms with E-state index in [1.165, 1.54) is 0 Å². The first-order valence-corrected chi connectivity index (χ1v) is 11.5. The lowest BCUT2D eigenvalue weighted by molar-refractivity contribution is -0.142. The van der Waals surface area contributed by atoms with E-state index in [0.29, 0.717) is 30.2 Å². The Kier molecular flexibility index (Phi) is 8.65. The third kappa shape index (κ3) is 6.16. The number of hydrogen-bond donors (Lipinski definition) is 1. The zero-order chi connectivity index (χ0) is 22.5. The largest absolute Gasteiger partial charge is 0.460 e. The maximum absolute atomic E-state index is 13.2. The number of amidine groups is 1. The molecule has 1 N–H and O–H groups in total. The van der Waals surface area contributed by atoms with Gasteiger partial charge in [-0.25, -0.2) is 4.79 Å². The minimum atomic E-state index is -0.799. The average Bonchev–Trinajstić information content (AvgIpc) is 3.26. The third-order valence-corrected chi connectivity index (χ3v) is 5.85. The molecule has 170 valence electrons. The normalized spacial score (nSPS) is 26.0. The van der Waals surface area contributed by atoms with Gasteiger partial charge in [0.2, 0.25) is 0 Å². The van der Waals surface area contributed by atoms with E-state index in [0.717, 1.165) is 31.4 Å². The van der Waals surface area contributed by atoms with Crippen molar-refractivity contribution in [2.24, 2.45) is 22.7 Å². The number of rotatable bonds is 10. The number of esters is 1. The van der Waals surface area contributed by atoms with Crippen LogP contribution in [-0.4, -0.2) is 42.6 Å². The number of ether oxygens (including phenoxy) is 2. The second-order valence-electron chi connectivity index (χ2n) is 9.82. The fourth-order valence-electron chi connectivity index (χ4n) is 4.25. The molecule has 2 aliphatic rings. The summed E-state index contributed by atoms with van der Waals surface area (Å²) in [6.07, 6.45) is 4.00. The van der Waals surface area contributed by atoms with Gasteiger partial charge in [-0.2, -0.15) is 0 Å². The lowest BCUT2D eigenvalue weighted by Crippen LogP contribution is -2.39. The van der Waals surface area contributed by atoms with Gasteiger partial charge in [-0.3, -0.25) is 9.79 Å². The van der Waals surface area contributed by atoms with Gasteiger partial charge < -0.3 is 14.8 Å². The van der Waals surface area contributed by atoms with E-state index >= 15 is 0 Å². The van der Waals surface area contributed by atoms with E-state index in [1.807, 2.05) is 6.92 Å². The number of hydrogen-bond acceptors (Lipinski definition) is 5. The predicted octanol–water partition coefficient (Wildman–Crippen LogP) is 4.43. The Bertz CT molecular complexity index is 689. The van der Waals surface area contributed by atoms with E-state index in [4.69, 9.17) is 14.5 Å². The van der Waals surface area contributed by atoms with Crippen molar-refractivity contribution >= 4 is 17.7 Å². The molecule has 6 nitrogen and oxygen atoms in total. The minimum absolute atomic E-state index is 0.0147. The molecule has 0 aliphatic carbocycles. The Balaban J connectivity index is 2.41. The summed E-state index contributed by atoms with van der Waals surface area (Å²) in [4.78, 5) is 30.8. The summed E-state index contributed by atoms with van der Waals surface area (Å²) in [5.41, 5.74) is 0.654. The lowest BCUT2D eigenvalue weighted by Gasteiger charge is -2.21. The van der Waals surface area contributed by atoms with Crippen molar-refractivity contribution in [2.45, 2.75) is 92.2 Å². The molecule has 0 radical (unpaired) electrons. The van der Waals surface area contributed by atoms with Gasteiger partial charge in [0.15, 0.2) is 0 Å². The van der Waals surface area contributed by atoms with Gasteiger partial charge >= 0.3 is 5.97 Å². The Morgan fingerprint density at radius 3 is 2.50 bits per heavy atom. The van der Waals surface area contributed by atoms with Crippen molar-refractivity contribution < 1.29 is 19.1 Å². The first kappa shape index (κ1) is 24.6. The van der Waals surface area contributed by atoms with Crippen LogP contribution in [0, 0.1) is 17.8 Å². The van der Waals surface area contributed by atoms with Crippen molar-refractivity contribution in [1.29, 1.82) is 0 Å². The molecule has 1 fully saturated rings. The van der Waals surface area contributed by atoms with Crippen LogP contribution in [0.15, 0.2) is 16.1 Å². The summed E-state index contributed by atoms with van der Waals surface area (Å²) in [6, 6.07) is 0. The molecule has 0 aromatic rings. The summed E-state index contributed by atoms with van der Waals surface area (Å²) >= 11 is 0. The van der Waals surface area contributed by atoms with Crippen molar-refractivity contribution in [3.63, 3.8) is 0 Å². The number of aliphatic imine (C=N–C) groups is 1. The van der Waals surface area contributed by atoms with E-state index in [2.05, 4.69) is 46.9 Å². The third-order valence-electron chi connectivity index (χ3n) is 5.85. The van der Waals surface area contributed by atoms with Crippen molar-refractivity contribution in [3.05, 3.63) is 11.1 Å². The van der Waals surface area contributed by atoms with Crippen LogP contribution in [0.25, 0.3) is 0 Å². The van der Waals surface area contributed by atoms with Crippen LogP contribution in [0.3, 0.4) is 0 Å². The number of amides is 1. The molecule has 2 heterocycles. The number of carbonyl (C=O) groups excluding carboxylic acids is 2. The molecule has 0 aromatic heterocycles. The highest BCUT2D eigenvalue weighted by molar-refractivity contribution is 6.17. The molecular formula is C24H40N2O4. The van der Waals surface area contributed by atoms with Gasteiger partial charge in [-0.15, -0.1) is 0 Å². The van der Waals surface area contributed by atoms with Crippen LogP contribution >= 0.6 is 0 Å². The summed E-state index contributed by atoms with van der Waals surface area (Å²) in [5, 5.41) is 2.99. The van der Waals surface area contributed by atoms with Crippen LogP contribution < -0.4 is 5.32 Å². The Morgan fingerprint density at radius 1 is 1.27 bits per heavy atom. The molecule has 6 heteroatoms. The Labute approximate surface area is 181 Å².